The van der Waals surface area contributed by atoms with Crippen LogP contribution in [0.3, 0.4) is 0 Å². The van der Waals surface area contributed by atoms with Crippen LogP contribution in [0, 0.1) is 0 Å². The van der Waals surface area contributed by atoms with Crippen molar-refractivity contribution in [3.63, 3.8) is 0 Å². The van der Waals surface area contributed by atoms with Gasteiger partial charge in [-0.2, -0.15) is 0 Å². The number of nitrogens with one attached hydrogen (secondary N) is 1. The molecule has 0 saturated heterocycles. The molecule has 4 heteroatoms. The van der Waals surface area contributed by atoms with E-state index < -0.39 is 0 Å². The van der Waals surface area contributed by atoms with Gasteiger partial charge in [-0.3, -0.25) is 9.59 Å². The number of rotatable bonds is 1. The van der Waals surface area contributed by atoms with Crippen molar-refractivity contribution in [2.24, 2.45) is 0 Å². The lowest BCUT2D eigenvalue weighted by molar-refractivity contribution is 0.0984. The second-order valence-corrected chi connectivity index (χ2v) is 4.61. The van der Waals surface area contributed by atoms with E-state index >= 15 is 0 Å². The monoisotopic (exact) mass is 254 g/mol. The molecule has 1 aromatic heterocycles. The first-order valence-electron chi connectivity index (χ1n) is 6.34. The van der Waals surface area contributed by atoms with Crippen LogP contribution in [0.15, 0.2) is 47.5 Å². The number of carbonyl (C=O) groups is 1. The largest absolute Gasteiger partial charge is 0.367 e. The predicted octanol–water partition coefficient (Wildman–Crippen LogP) is 1.97. The molecule has 1 aromatic carbocycles. The van der Waals surface area contributed by atoms with Crippen LogP contribution in [0.4, 0.5) is 5.69 Å². The predicted molar refractivity (Wildman–Crippen MR) is 73.5 cm³/mol. The fourth-order valence-electron chi connectivity index (χ4n) is 2.47. The zero-order valence-corrected chi connectivity index (χ0v) is 10.4. The van der Waals surface area contributed by atoms with Crippen LogP contribution in [0.2, 0.25) is 0 Å². The van der Waals surface area contributed by atoms with Crippen LogP contribution in [0.1, 0.15) is 22.3 Å². The van der Waals surface area contributed by atoms with E-state index in [9.17, 15) is 9.59 Å². The summed E-state index contributed by atoms with van der Waals surface area (Å²) < 4.78 is 0. The van der Waals surface area contributed by atoms with Crippen molar-refractivity contribution in [1.29, 1.82) is 0 Å². The van der Waals surface area contributed by atoms with E-state index in [4.69, 9.17) is 0 Å². The first-order chi connectivity index (χ1) is 9.27. The van der Waals surface area contributed by atoms with Gasteiger partial charge >= 0.3 is 0 Å². The Bertz CT molecular complexity index is 676. The molecule has 0 spiro atoms. The molecular formula is C15H14N2O2. The summed E-state index contributed by atoms with van der Waals surface area (Å²) in [4.78, 5) is 28.7. The van der Waals surface area contributed by atoms with Crippen LogP contribution >= 0.6 is 0 Å². The minimum absolute atomic E-state index is 0.194. The van der Waals surface area contributed by atoms with Crippen LogP contribution in [0.5, 0.6) is 0 Å². The molecule has 0 radical (unpaired) electrons. The van der Waals surface area contributed by atoms with Crippen LogP contribution in [-0.4, -0.2) is 17.4 Å². The third kappa shape index (κ3) is 2.05. The number of aromatic amines is 1. The Morgan fingerprint density at radius 1 is 1.21 bits per heavy atom. The lowest BCUT2D eigenvalue weighted by atomic mass is 10.0. The van der Waals surface area contributed by atoms with Crippen LogP contribution in [0.25, 0.3) is 0 Å². The number of pyridine rings is 1. The highest BCUT2D eigenvalue weighted by Gasteiger charge is 2.24. The van der Waals surface area contributed by atoms with Crippen LogP contribution < -0.4 is 10.3 Å². The van der Waals surface area contributed by atoms with Gasteiger partial charge in [0.2, 0.25) is 0 Å². The standard InChI is InChI=1S/C15H14N2O2/c18-14-7-8-16-10-12(14)15(19)17-9-3-5-11-4-1-2-6-13(11)17/h1-2,4,6-8,10H,3,5,9H2,(H,16,18). The van der Waals surface area contributed by atoms with Gasteiger partial charge in [-0.1, -0.05) is 18.2 Å². The van der Waals surface area contributed by atoms with Gasteiger partial charge in [0.1, 0.15) is 5.56 Å². The van der Waals surface area contributed by atoms with Crippen molar-refractivity contribution in [2.75, 3.05) is 11.4 Å². The number of hydrogen-bond acceptors (Lipinski definition) is 2. The summed E-state index contributed by atoms with van der Waals surface area (Å²) in [5.41, 5.74) is 2.03. The minimum Gasteiger partial charge on any atom is -0.367 e. The highest BCUT2D eigenvalue weighted by atomic mass is 16.2. The van der Waals surface area contributed by atoms with Gasteiger partial charge in [-0.25, -0.2) is 0 Å². The Morgan fingerprint density at radius 2 is 2.05 bits per heavy atom. The molecule has 0 atom stereocenters. The number of para-hydroxylation sites is 1. The van der Waals surface area contributed by atoms with Gasteiger partial charge in [0.05, 0.1) is 0 Å². The van der Waals surface area contributed by atoms with Crippen LogP contribution in [-0.2, 0) is 6.42 Å². The van der Waals surface area contributed by atoms with Gasteiger partial charge in [-0.05, 0) is 24.5 Å². The lowest BCUT2D eigenvalue weighted by Crippen LogP contribution is -2.37. The first-order valence-corrected chi connectivity index (χ1v) is 6.34. The Morgan fingerprint density at radius 3 is 2.89 bits per heavy atom. The summed E-state index contributed by atoms with van der Waals surface area (Å²) in [5.74, 6) is -0.228. The second kappa shape index (κ2) is 4.72. The molecule has 4 nitrogen and oxygen atoms in total. The number of carbonyl (C=O) groups excluding carboxylic acids is 1. The number of fused-ring (bicyclic) bond motifs is 1. The topological polar surface area (TPSA) is 53.2 Å². The van der Waals surface area contributed by atoms with Gasteiger partial charge in [-0.15, -0.1) is 0 Å². The maximum atomic E-state index is 12.5. The van der Waals surface area contributed by atoms with E-state index in [1.54, 1.807) is 4.90 Å². The number of aryl methyl sites for hydroxylation is 1. The Labute approximate surface area is 110 Å². The van der Waals surface area contributed by atoms with E-state index in [0.29, 0.717) is 6.54 Å². The third-order valence-corrected chi connectivity index (χ3v) is 3.41. The fourth-order valence-corrected chi connectivity index (χ4v) is 2.47. The molecule has 2 aromatic rings. The number of hydrogen-bond donors (Lipinski definition) is 1. The number of H-pyrrole nitrogens is 1. The first kappa shape index (κ1) is 11.7. The molecule has 1 aliphatic rings. The van der Waals surface area contributed by atoms with E-state index in [1.165, 1.54) is 18.5 Å². The number of benzene rings is 1. The molecule has 1 N–H and O–H groups in total. The number of amides is 1. The summed E-state index contributed by atoms with van der Waals surface area (Å²) in [7, 11) is 0. The minimum atomic E-state index is -0.244. The number of anilines is 1. The smallest absolute Gasteiger partial charge is 0.263 e. The molecule has 1 aliphatic heterocycles. The Hall–Kier alpha value is -2.36. The molecule has 1 amide bonds. The molecule has 2 heterocycles. The summed E-state index contributed by atoms with van der Waals surface area (Å²) in [6.45, 7) is 0.657. The van der Waals surface area contributed by atoms with Gasteiger partial charge in [0.15, 0.2) is 5.43 Å². The molecule has 3 rings (SSSR count). The summed E-state index contributed by atoms with van der Waals surface area (Å²) in [6.07, 6.45) is 4.91. The molecular weight excluding hydrogens is 240 g/mol. The molecule has 0 saturated carbocycles. The van der Waals surface area contributed by atoms with Crippen molar-refractivity contribution < 1.29 is 4.79 Å². The highest BCUT2D eigenvalue weighted by molar-refractivity contribution is 6.06. The maximum absolute atomic E-state index is 12.5. The average Bonchev–Trinajstić information content (AvgIpc) is 2.46. The number of nitrogens with zero attached hydrogens (tertiary/aromatic N) is 1. The number of aromatic nitrogens is 1. The van der Waals surface area contributed by atoms with E-state index in [2.05, 4.69) is 4.98 Å². The van der Waals surface area contributed by atoms with Gasteiger partial charge in [0, 0.05) is 30.7 Å². The van der Waals surface area contributed by atoms with Gasteiger partial charge in [0.25, 0.3) is 5.91 Å². The normalized spacial score (nSPS) is 14.0. The Kier molecular flexibility index (Phi) is 2.91. The maximum Gasteiger partial charge on any atom is 0.263 e. The molecule has 19 heavy (non-hydrogen) atoms. The molecule has 96 valence electrons. The van der Waals surface area contributed by atoms with Crippen molar-refractivity contribution in [3.8, 4) is 0 Å². The molecule has 0 fully saturated rings. The molecule has 0 unspecified atom stereocenters. The fraction of sp³-hybridized carbons (Fsp3) is 0.200. The summed E-state index contributed by atoms with van der Waals surface area (Å²) in [5, 5.41) is 0. The van der Waals surface area contributed by atoms with Crippen molar-refractivity contribution in [3.05, 3.63) is 64.1 Å². The Balaban J connectivity index is 2.03. The lowest BCUT2D eigenvalue weighted by Gasteiger charge is -2.29. The van der Waals surface area contributed by atoms with Crippen molar-refractivity contribution in [2.45, 2.75) is 12.8 Å². The van der Waals surface area contributed by atoms with Crippen molar-refractivity contribution >= 4 is 11.6 Å². The summed E-state index contributed by atoms with van der Waals surface area (Å²) >= 11 is 0. The quantitative estimate of drug-likeness (QED) is 0.845. The zero-order chi connectivity index (χ0) is 13.2. The van der Waals surface area contributed by atoms with Crippen molar-refractivity contribution in [1.82, 2.24) is 4.98 Å². The molecule has 0 bridgehead atoms. The van der Waals surface area contributed by atoms with Gasteiger partial charge < -0.3 is 9.88 Å². The second-order valence-electron chi connectivity index (χ2n) is 4.61. The summed E-state index contributed by atoms with van der Waals surface area (Å²) in [6, 6.07) is 9.23. The van der Waals surface area contributed by atoms with E-state index in [-0.39, 0.29) is 16.9 Å². The molecule has 0 aliphatic carbocycles. The average molecular weight is 254 g/mol. The third-order valence-electron chi connectivity index (χ3n) is 3.41. The highest BCUT2D eigenvalue weighted by Crippen LogP contribution is 2.27. The SMILES string of the molecule is O=C(c1c[nH]ccc1=O)N1CCCc2ccccc21. The van der Waals surface area contributed by atoms with E-state index in [0.717, 1.165) is 24.1 Å². The van der Waals surface area contributed by atoms with E-state index in [1.807, 2.05) is 24.3 Å². The zero-order valence-electron chi connectivity index (χ0n) is 10.4.